The fourth-order valence-corrected chi connectivity index (χ4v) is 5.24. The van der Waals surface area contributed by atoms with E-state index in [0.717, 1.165) is 33.9 Å². The summed E-state index contributed by atoms with van der Waals surface area (Å²) in [5.74, 6) is 1.53. The van der Waals surface area contributed by atoms with E-state index in [1.54, 1.807) is 19.5 Å². The van der Waals surface area contributed by atoms with Gasteiger partial charge in [0.15, 0.2) is 5.11 Å². The van der Waals surface area contributed by atoms with Gasteiger partial charge in [0.1, 0.15) is 5.82 Å². The van der Waals surface area contributed by atoms with E-state index in [9.17, 15) is 4.79 Å². The average Bonchev–Trinajstić information content (AvgIpc) is 3.43. The predicted molar refractivity (Wildman–Crippen MR) is 162 cm³/mol. The lowest BCUT2D eigenvalue weighted by atomic mass is 10.1. The molecule has 2 aliphatic heterocycles. The SMILES string of the molecule is CCN(CCOC)c1nc(-c2cnc(N)nc2)c2c(n1)N(C(=S)Nc1ccc(C(=O)N3CCOCC3)cc1C)CC2. The van der Waals surface area contributed by atoms with Crippen molar-refractivity contribution in [3.8, 4) is 11.3 Å². The minimum atomic E-state index is 0.0105. The number of morpholine rings is 1. The highest BCUT2D eigenvalue weighted by molar-refractivity contribution is 7.80. The molecule has 4 heterocycles. The Hall–Kier alpha value is -3.94. The highest BCUT2D eigenvalue weighted by Crippen LogP contribution is 2.36. The van der Waals surface area contributed by atoms with Gasteiger partial charge in [-0.3, -0.25) is 4.79 Å². The summed E-state index contributed by atoms with van der Waals surface area (Å²) in [4.78, 5) is 37.1. The molecule has 1 saturated heterocycles. The third-order valence-corrected chi connectivity index (χ3v) is 7.57. The van der Waals surface area contributed by atoms with Gasteiger partial charge in [-0.15, -0.1) is 0 Å². The Bertz CT molecular complexity index is 1410. The minimum Gasteiger partial charge on any atom is -0.383 e. The quantitative estimate of drug-likeness (QED) is 0.381. The van der Waals surface area contributed by atoms with Gasteiger partial charge in [0.25, 0.3) is 5.91 Å². The Morgan fingerprint density at radius 1 is 1.20 bits per heavy atom. The van der Waals surface area contributed by atoms with Gasteiger partial charge in [0.05, 0.1) is 25.5 Å². The lowest BCUT2D eigenvalue weighted by molar-refractivity contribution is 0.0303. The van der Waals surface area contributed by atoms with Gasteiger partial charge >= 0.3 is 0 Å². The maximum atomic E-state index is 13.0. The Kier molecular flexibility index (Phi) is 8.86. The number of nitrogens with two attached hydrogens (primary N) is 1. The number of hydrogen-bond acceptors (Lipinski definition) is 10. The molecule has 41 heavy (non-hydrogen) atoms. The monoisotopic (exact) mass is 577 g/mol. The summed E-state index contributed by atoms with van der Waals surface area (Å²) in [5.41, 5.74) is 10.6. The molecule has 0 radical (unpaired) electrons. The van der Waals surface area contributed by atoms with Crippen molar-refractivity contribution in [1.29, 1.82) is 0 Å². The van der Waals surface area contributed by atoms with Crippen LogP contribution >= 0.6 is 12.2 Å². The van der Waals surface area contributed by atoms with Crippen molar-refractivity contribution < 1.29 is 14.3 Å². The minimum absolute atomic E-state index is 0.0105. The Morgan fingerprint density at radius 2 is 1.95 bits per heavy atom. The van der Waals surface area contributed by atoms with Crippen LogP contribution in [0.25, 0.3) is 11.3 Å². The molecule has 2 aliphatic rings. The molecule has 3 N–H and O–H groups in total. The van der Waals surface area contributed by atoms with Crippen molar-refractivity contribution in [2.45, 2.75) is 20.3 Å². The maximum absolute atomic E-state index is 13.0. The number of carbonyl (C=O) groups excluding carboxylic acids is 1. The molecule has 13 heteroatoms. The van der Waals surface area contributed by atoms with E-state index in [4.69, 9.17) is 37.4 Å². The second-order valence-corrected chi connectivity index (χ2v) is 10.2. The van der Waals surface area contributed by atoms with Crippen LogP contribution in [0, 0.1) is 6.92 Å². The first kappa shape index (κ1) is 28.6. The van der Waals surface area contributed by atoms with Crippen molar-refractivity contribution in [3.63, 3.8) is 0 Å². The summed E-state index contributed by atoms with van der Waals surface area (Å²) in [6.07, 6.45) is 4.07. The van der Waals surface area contributed by atoms with Gasteiger partial charge in [-0.2, -0.15) is 4.98 Å². The smallest absolute Gasteiger partial charge is 0.254 e. The molecule has 216 valence electrons. The molecule has 5 rings (SSSR count). The highest BCUT2D eigenvalue weighted by Gasteiger charge is 2.30. The Morgan fingerprint density at radius 3 is 2.63 bits per heavy atom. The van der Waals surface area contributed by atoms with E-state index >= 15 is 0 Å². The maximum Gasteiger partial charge on any atom is 0.254 e. The summed E-state index contributed by atoms with van der Waals surface area (Å²) in [6, 6.07) is 5.63. The number of nitrogens with one attached hydrogen (secondary N) is 1. The first-order valence-corrected chi connectivity index (χ1v) is 14.1. The van der Waals surface area contributed by atoms with E-state index in [2.05, 4.69) is 27.1 Å². The number of aromatic nitrogens is 4. The number of likely N-dealkylation sites (N-methyl/N-ethyl adjacent to an activating group) is 1. The number of fused-ring (bicyclic) bond motifs is 1. The van der Waals surface area contributed by atoms with Crippen LogP contribution in [0.1, 0.15) is 28.4 Å². The molecule has 0 atom stereocenters. The first-order valence-electron chi connectivity index (χ1n) is 13.7. The number of hydrogen-bond donors (Lipinski definition) is 2. The lowest BCUT2D eigenvalue weighted by Gasteiger charge is -2.27. The number of aryl methyl sites for hydroxylation is 1. The second-order valence-electron chi connectivity index (χ2n) is 9.84. The number of rotatable bonds is 8. The van der Waals surface area contributed by atoms with Crippen molar-refractivity contribution in [2.75, 3.05) is 80.5 Å². The number of benzene rings is 1. The van der Waals surface area contributed by atoms with Crippen LogP contribution in [0.2, 0.25) is 0 Å². The molecule has 1 aromatic carbocycles. The number of nitrogens with zero attached hydrogens (tertiary/aromatic N) is 7. The van der Waals surface area contributed by atoms with Gasteiger partial charge in [-0.1, -0.05) is 0 Å². The van der Waals surface area contributed by atoms with Crippen LogP contribution in [0.5, 0.6) is 0 Å². The number of anilines is 4. The number of carbonyl (C=O) groups is 1. The molecular weight excluding hydrogens is 542 g/mol. The summed E-state index contributed by atoms with van der Waals surface area (Å²) < 4.78 is 10.7. The fraction of sp³-hybridized carbons (Fsp3) is 0.429. The van der Waals surface area contributed by atoms with Crippen LogP contribution in [0.4, 0.5) is 23.4 Å². The van der Waals surface area contributed by atoms with Crippen LogP contribution in [0.15, 0.2) is 30.6 Å². The largest absolute Gasteiger partial charge is 0.383 e. The second kappa shape index (κ2) is 12.7. The molecule has 1 amide bonds. The summed E-state index contributed by atoms with van der Waals surface area (Å²) in [6.45, 7) is 8.88. The molecule has 0 bridgehead atoms. The van der Waals surface area contributed by atoms with Crippen LogP contribution in [0.3, 0.4) is 0 Å². The van der Waals surface area contributed by atoms with Crippen molar-refractivity contribution in [3.05, 3.63) is 47.3 Å². The average molecular weight is 578 g/mol. The molecule has 12 nitrogen and oxygen atoms in total. The van der Waals surface area contributed by atoms with Gasteiger partial charge in [-0.25, -0.2) is 15.0 Å². The molecule has 3 aromatic rings. The molecule has 0 saturated carbocycles. The van der Waals surface area contributed by atoms with Gasteiger partial charge in [-0.05, 0) is 56.2 Å². The van der Waals surface area contributed by atoms with Crippen molar-refractivity contribution in [1.82, 2.24) is 24.8 Å². The first-order chi connectivity index (χ1) is 19.9. The number of thiocarbonyl (C=S) groups is 1. The van der Waals surface area contributed by atoms with Gasteiger partial charge < -0.3 is 35.2 Å². The van der Waals surface area contributed by atoms with E-state index < -0.39 is 0 Å². The number of ether oxygens (including phenoxy) is 2. The van der Waals surface area contributed by atoms with Crippen LogP contribution in [-0.4, -0.2) is 95.5 Å². The Balaban J connectivity index is 1.42. The Labute approximate surface area is 244 Å². The zero-order valence-electron chi connectivity index (χ0n) is 23.6. The van der Waals surface area contributed by atoms with E-state index in [-0.39, 0.29) is 11.9 Å². The summed E-state index contributed by atoms with van der Waals surface area (Å²) in [5, 5.41) is 3.90. The third kappa shape index (κ3) is 6.21. The van der Waals surface area contributed by atoms with Crippen LogP contribution in [-0.2, 0) is 15.9 Å². The molecule has 0 spiro atoms. The standard InChI is InChI=1S/C28H35N9O3S/c1-4-35(9-12-39-3)27-33-23(20-16-30-26(29)31-17-20)21-7-8-37(24(21)34-27)28(41)32-22-6-5-19(15-18(22)2)25(38)36-10-13-40-14-11-36/h5-6,15-17H,4,7-14H2,1-3H3,(H,32,41)(H2,29,30,31). The van der Waals surface area contributed by atoms with E-state index in [1.807, 2.05) is 34.9 Å². The van der Waals surface area contributed by atoms with Crippen molar-refractivity contribution in [2.24, 2.45) is 0 Å². The molecular formula is C28H35N9O3S. The van der Waals surface area contributed by atoms with Crippen molar-refractivity contribution >= 4 is 46.6 Å². The molecule has 1 fully saturated rings. The van der Waals surface area contributed by atoms with Gasteiger partial charge in [0, 0.05) is 74.6 Å². The number of methoxy groups -OCH3 is 1. The normalized spacial score (nSPS) is 14.6. The van der Waals surface area contributed by atoms with Crippen LogP contribution < -0.4 is 20.9 Å². The number of nitrogen functional groups attached to an aromatic ring is 1. The predicted octanol–water partition coefficient (Wildman–Crippen LogP) is 2.53. The lowest BCUT2D eigenvalue weighted by Crippen LogP contribution is -2.40. The third-order valence-electron chi connectivity index (χ3n) is 7.25. The molecule has 0 aliphatic carbocycles. The highest BCUT2D eigenvalue weighted by atomic mass is 32.1. The summed E-state index contributed by atoms with van der Waals surface area (Å²) in [7, 11) is 1.67. The fourth-order valence-electron chi connectivity index (χ4n) is 4.95. The zero-order valence-corrected chi connectivity index (χ0v) is 24.4. The zero-order chi connectivity index (χ0) is 28.9. The van der Waals surface area contributed by atoms with E-state index in [0.29, 0.717) is 75.6 Å². The summed E-state index contributed by atoms with van der Waals surface area (Å²) >= 11 is 5.89. The van der Waals surface area contributed by atoms with Gasteiger partial charge in [0.2, 0.25) is 11.9 Å². The molecule has 2 aromatic heterocycles. The topological polar surface area (TPSA) is 135 Å². The van der Waals surface area contributed by atoms with E-state index in [1.165, 1.54) is 0 Å². The molecule has 0 unspecified atom stereocenters. The number of amides is 1.